The molecule has 0 saturated carbocycles. The topological polar surface area (TPSA) is 81.4 Å². The summed E-state index contributed by atoms with van der Waals surface area (Å²) >= 11 is 0. The first-order chi connectivity index (χ1) is 8.34. The molecule has 5 nitrogen and oxygen atoms in total. The number of nitrogen functional groups attached to an aromatic ring is 1. The molecule has 6 heteroatoms. The first kappa shape index (κ1) is 14.6. The fraction of sp³-hybridized carbons (Fsp3) is 0.500. The molecular weight excluding hydrogens is 252 g/mol. The van der Waals surface area contributed by atoms with Gasteiger partial charge in [-0.05, 0) is 30.5 Å². The molecule has 1 aromatic carbocycles. The molecule has 0 aliphatic heterocycles. The highest BCUT2D eigenvalue weighted by Gasteiger charge is 2.14. The van der Waals surface area contributed by atoms with Crippen molar-refractivity contribution in [2.75, 3.05) is 23.3 Å². The SMILES string of the molecule is COc1ccc(N)cc1NS(=O)(=O)CCC(C)C. The fourth-order valence-corrected chi connectivity index (χ4v) is 2.79. The van der Waals surface area contributed by atoms with Crippen molar-refractivity contribution in [3.8, 4) is 5.75 Å². The van der Waals surface area contributed by atoms with Crippen LogP contribution in [0, 0.1) is 5.92 Å². The van der Waals surface area contributed by atoms with Gasteiger partial charge in [-0.3, -0.25) is 4.72 Å². The number of methoxy groups -OCH3 is 1. The molecule has 0 heterocycles. The number of nitrogens with one attached hydrogen (secondary N) is 1. The van der Waals surface area contributed by atoms with Crippen molar-refractivity contribution in [3.63, 3.8) is 0 Å². The number of anilines is 2. The minimum absolute atomic E-state index is 0.0859. The monoisotopic (exact) mass is 272 g/mol. The van der Waals surface area contributed by atoms with E-state index >= 15 is 0 Å². The van der Waals surface area contributed by atoms with Crippen molar-refractivity contribution < 1.29 is 13.2 Å². The molecule has 1 aromatic rings. The van der Waals surface area contributed by atoms with E-state index < -0.39 is 10.0 Å². The second kappa shape index (κ2) is 5.95. The lowest BCUT2D eigenvalue weighted by molar-refractivity contribution is 0.417. The first-order valence-electron chi connectivity index (χ1n) is 5.78. The molecule has 0 radical (unpaired) electrons. The van der Waals surface area contributed by atoms with E-state index in [0.29, 0.717) is 29.5 Å². The van der Waals surface area contributed by atoms with Crippen LogP contribution < -0.4 is 15.2 Å². The third kappa shape index (κ3) is 4.44. The Hall–Kier alpha value is -1.43. The van der Waals surface area contributed by atoms with Crippen molar-refractivity contribution in [2.45, 2.75) is 20.3 Å². The number of nitrogens with two attached hydrogens (primary N) is 1. The standard InChI is InChI=1S/C12H20N2O3S/c1-9(2)6-7-18(15,16)14-11-8-10(13)4-5-12(11)17-3/h4-5,8-9,14H,6-7,13H2,1-3H3. The van der Waals surface area contributed by atoms with E-state index in [0.717, 1.165) is 0 Å². The van der Waals surface area contributed by atoms with Crippen LogP contribution in [0.15, 0.2) is 18.2 Å². The second-order valence-electron chi connectivity index (χ2n) is 4.56. The van der Waals surface area contributed by atoms with Gasteiger partial charge in [0.2, 0.25) is 10.0 Å². The average molecular weight is 272 g/mol. The van der Waals surface area contributed by atoms with Gasteiger partial charge in [0.05, 0.1) is 18.6 Å². The summed E-state index contributed by atoms with van der Waals surface area (Å²) in [5, 5.41) is 0. The van der Waals surface area contributed by atoms with Gasteiger partial charge in [0.15, 0.2) is 0 Å². The summed E-state index contributed by atoms with van der Waals surface area (Å²) in [5.74, 6) is 0.879. The largest absolute Gasteiger partial charge is 0.495 e. The van der Waals surface area contributed by atoms with Crippen molar-refractivity contribution in [1.82, 2.24) is 0 Å². The molecule has 0 bridgehead atoms. The van der Waals surface area contributed by atoms with Crippen molar-refractivity contribution in [3.05, 3.63) is 18.2 Å². The molecule has 0 saturated heterocycles. The van der Waals surface area contributed by atoms with E-state index in [1.165, 1.54) is 7.11 Å². The molecule has 0 amide bonds. The third-order valence-electron chi connectivity index (χ3n) is 2.45. The van der Waals surface area contributed by atoms with Crippen LogP contribution in [0.5, 0.6) is 5.75 Å². The summed E-state index contributed by atoms with van der Waals surface area (Å²) < 4.78 is 31.3. The number of rotatable bonds is 6. The zero-order valence-corrected chi connectivity index (χ0v) is 11.8. The Bertz CT molecular complexity index is 498. The van der Waals surface area contributed by atoms with Crippen LogP contribution in [0.1, 0.15) is 20.3 Å². The summed E-state index contributed by atoms with van der Waals surface area (Å²) in [6.07, 6.45) is 0.611. The van der Waals surface area contributed by atoms with Gasteiger partial charge in [-0.2, -0.15) is 0 Å². The first-order valence-corrected chi connectivity index (χ1v) is 7.43. The number of benzene rings is 1. The average Bonchev–Trinajstić information content (AvgIpc) is 2.26. The molecule has 0 spiro atoms. The predicted octanol–water partition coefficient (Wildman–Crippen LogP) is 2.07. The predicted molar refractivity (Wildman–Crippen MR) is 74.3 cm³/mol. The molecule has 0 aliphatic rings. The zero-order valence-electron chi connectivity index (χ0n) is 10.9. The molecule has 0 aliphatic carbocycles. The zero-order chi connectivity index (χ0) is 13.8. The Labute approximate surface area is 108 Å². The number of hydrogen-bond acceptors (Lipinski definition) is 4. The van der Waals surface area contributed by atoms with Gasteiger partial charge in [0.25, 0.3) is 0 Å². The van der Waals surface area contributed by atoms with Gasteiger partial charge in [0.1, 0.15) is 5.75 Å². The summed E-state index contributed by atoms with van der Waals surface area (Å²) in [5.41, 5.74) is 6.49. The van der Waals surface area contributed by atoms with E-state index in [1.54, 1.807) is 18.2 Å². The Morgan fingerprint density at radius 1 is 1.39 bits per heavy atom. The quantitative estimate of drug-likeness (QED) is 0.777. The molecule has 3 N–H and O–H groups in total. The molecule has 102 valence electrons. The van der Waals surface area contributed by atoms with Crippen molar-refractivity contribution >= 4 is 21.4 Å². The minimum atomic E-state index is -3.36. The van der Waals surface area contributed by atoms with E-state index in [4.69, 9.17) is 10.5 Å². The van der Waals surface area contributed by atoms with Gasteiger partial charge in [-0.1, -0.05) is 13.8 Å². The van der Waals surface area contributed by atoms with E-state index in [1.807, 2.05) is 13.8 Å². The normalized spacial score (nSPS) is 11.6. The van der Waals surface area contributed by atoms with E-state index in [9.17, 15) is 8.42 Å². The van der Waals surface area contributed by atoms with Crippen LogP contribution in [0.3, 0.4) is 0 Å². The van der Waals surface area contributed by atoms with E-state index in [2.05, 4.69) is 4.72 Å². The summed E-state index contributed by atoms with van der Waals surface area (Å²) in [4.78, 5) is 0. The van der Waals surface area contributed by atoms with E-state index in [-0.39, 0.29) is 5.75 Å². The van der Waals surface area contributed by atoms with Crippen molar-refractivity contribution in [2.24, 2.45) is 5.92 Å². The highest BCUT2D eigenvalue weighted by atomic mass is 32.2. The van der Waals surface area contributed by atoms with Crippen LogP contribution in [0.4, 0.5) is 11.4 Å². The van der Waals surface area contributed by atoms with Crippen LogP contribution in [0.2, 0.25) is 0 Å². The number of sulfonamides is 1. The lowest BCUT2D eigenvalue weighted by atomic mass is 10.2. The molecule has 0 aromatic heterocycles. The summed E-state index contributed by atoms with van der Waals surface area (Å²) in [7, 11) is -1.88. The highest BCUT2D eigenvalue weighted by Crippen LogP contribution is 2.27. The fourth-order valence-electron chi connectivity index (χ4n) is 1.41. The number of hydrogen-bond donors (Lipinski definition) is 2. The summed E-state index contributed by atoms with van der Waals surface area (Å²) in [6.45, 7) is 3.97. The Morgan fingerprint density at radius 2 is 2.06 bits per heavy atom. The molecule has 1 rings (SSSR count). The molecule has 18 heavy (non-hydrogen) atoms. The van der Waals surface area contributed by atoms with Crippen LogP contribution in [-0.4, -0.2) is 21.3 Å². The lowest BCUT2D eigenvalue weighted by Gasteiger charge is -2.13. The maximum Gasteiger partial charge on any atom is 0.232 e. The number of ether oxygens (including phenoxy) is 1. The maximum atomic E-state index is 11.9. The lowest BCUT2D eigenvalue weighted by Crippen LogP contribution is -2.18. The summed E-state index contributed by atoms with van der Waals surface area (Å²) in [6, 6.07) is 4.84. The van der Waals surface area contributed by atoms with Crippen LogP contribution in [-0.2, 0) is 10.0 Å². The Balaban J connectivity index is 2.86. The highest BCUT2D eigenvalue weighted by molar-refractivity contribution is 7.92. The Morgan fingerprint density at radius 3 is 2.61 bits per heavy atom. The second-order valence-corrected chi connectivity index (χ2v) is 6.41. The minimum Gasteiger partial charge on any atom is -0.495 e. The van der Waals surface area contributed by atoms with Crippen LogP contribution in [0.25, 0.3) is 0 Å². The van der Waals surface area contributed by atoms with Gasteiger partial charge in [0, 0.05) is 5.69 Å². The van der Waals surface area contributed by atoms with Gasteiger partial charge < -0.3 is 10.5 Å². The molecule has 0 atom stereocenters. The third-order valence-corrected chi connectivity index (χ3v) is 3.76. The molecule has 0 fully saturated rings. The van der Waals surface area contributed by atoms with Gasteiger partial charge in [-0.15, -0.1) is 0 Å². The molecule has 0 unspecified atom stereocenters. The smallest absolute Gasteiger partial charge is 0.232 e. The maximum absolute atomic E-state index is 11.9. The van der Waals surface area contributed by atoms with Gasteiger partial charge in [-0.25, -0.2) is 8.42 Å². The Kier molecular flexibility index (Phi) is 4.84. The van der Waals surface area contributed by atoms with Crippen molar-refractivity contribution in [1.29, 1.82) is 0 Å². The van der Waals surface area contributed by atoms with Gasteiger partial charge >= 0.3 is 0 Å². The molecular formula is C12H20N2O3S. The van der Waals surface area contributed by atoms with Crippen LogP contribution >= 0.6 is 0 Å².